The van der Waals surface area contributed by atoms with E-state index in [9.17, 15) is 9.59 Å². The summed E-state index contributed by atoms with van der Waals surface area (Å²) in [5.41, 5.74) is 2.06. The molecule has 2 atom stereocenters. The molecule has 7 heteroatoms. The molecule has 2 aromatic carbocycles. The van der Waals surface area contributed by atoms with E-state index in [1.54, 1.807) is 7.11 Å². The molecule has 0 saturated heterocycles. The Hall–Kier alpha value is -3.22. The van der Waals surface area contributed by atoms with Crippen molar-refractivity contribution in [3.8, 4) is 11.5 Å². The molecule has 0 fully saturated rings. The van der Waals surface area contributed by atoms with E-state index in [2.05, 4.69) is 10.6 Å². The lowest BCUT2D eigenvalue weighted by molar-refractivity contribution is -0.137. The van der Waals surface area contributed by atoms with Crippen molar-refractivity contribution in [2.24, 2.45) is 0 Å². The number of fused-ring (bicyclic) bond motifs is 1. The van der Waals surface area contributed by atoms with Crippen LogP contribution in [0.2, 0.25) is 0 Å². The Balaban J connectivity index is 1.56. The van der Waals surface area contributed by atoms with Crippen LogP contribution in [-0.4, -0.2) is 42.9 Å². The van der Waals surface area contributed by atoms with Crippen LogP contribution >= 0.6 is 0 Å². The Morgan fingerprint density at radius 2 is 2.03 bits per heavy atom. The molecule has 2 unspecified atom stereocenters. The van der Waals surface area contributed by atoms with E-state index in [0.29, 0.717) is 25.9 Å². The van der Waals surface area contributed by atoms with E-state index in [1.165, 1.54) is 0 Å². The summed E-state index contributed by atoms with van der Waals surface area (Å²) >= 11 is 0. The van der Waals surface area contributed by atoms with E-state index in [1.807, 2.05) is 48.5 Å². The van der Waals surface area contributed by atoms with Gasteiger partial charge in [0.2, 0.25) is 0 Å². The number of nitrogens with one attached hydrogen (secondary N) is 2. The van der Waals surface area contributed by atoms with Crippen molar-refractivity contribution in [3.63, 3.8) is 0 Å². The Morgan fingerprint density at radius 3 is 2.76 bits per heavy atom. The van der Waals surface area contributed by atoms with Gasteiger partial charge in [0.15, 0.2) is 0 Å². The smallest absolute Gasteiger partial charge is 0.315 e. The third-order valence-electron chi connectivity index (χ3n) is 4.88. The summed E-state index contributed by atoms with van der Waals surface area (Å²) in [4.78, 5) is 23.5. The number of ether oxygens (including phenoxy) is 2. The Morgan fingerprint density at radius 1 is 1.24 bits per heavy atom. The second kappa shape index (κ2) is 9.82. The van der Waals surface area contributed by atoms with E-state index in [4.69, 9.17) is 14.6 Å². The van der Waals surface area contributed by atoms with Crippen molar-refractivity contribution in [2.75, 3.05) is 13.7 Å². The van der Waals surface area contributed by atoms with Crippen molar-refractivity contribution in [1.29, 1.82) is 0 Å². The molecule has 0 saturated carbocycles. The van der Waals surface area contributed by atoms with Crippen molar-refractivity contribution < 1.29 is 24.2 Å². The molecule has 0 aliphatic carbocycles. The molecule has 2 aromatic rings. The van der Waals surface area contributed by atoms with Crippen LogP contribution in [0.15, 0.2) is 48.5 Å². The molecule has 0 radical (unpaired) electrons. The molecular weight excluding hydrogens is 372 g/mol. The van der Waals surface area contributed by atoms with Crippen LogP contribution in [0.25, 0.3) is 0 Å². The maximum Gasteiger partial charge on any atom is 0.315 e. The molecule has 1 aliphatic heterocycles. The number of benzene rings is 2. The van der Waals surface area contributed by atoms with Crippen molar-refractivity contribution in [3.05, 3.63) is 59.7 Å². The molecule has 29 heavy (non-hydrogen) atoms. The van der Waals surface area contributed by atoms with Crippen molar-refractivity contribution in [1.82, 2.24) is 10.6 Å². The number of carboxylic acids is 1. The van der Waals surface area contributed by atoms with Gasteiger partial charge >= 0.3 is 12.0 Å². The molecule has 2 amide bonds. The SMILES string of the molecule is COc1ccc2c(c1)OCC(NC(=O)NC(CCC(=O)O)Cc1ccccc1)C2. The molecule has 7 nitrogen and oxygen atoms in total. The number of aliphatic carboxylic acids is 1. The van der Waals surface area contributed by atoms with Crippen LogP contribution in [-0.2, 0) is 17.6 Å². The van der Waals surface area contributed by atoms with Crippen LogP contribution in [0.1, 0.15) is 24.0 Å². The second-order valence-corrected chi connectivity index (χ2v) is 7.12. The molecule has 154 valence electrons. The lowest BCUT2D eigenvalue weighted by Crippen LogP contribution is -2.50. The summed E-state index contributed by atoms with van der Waals surface area (Å²) in [7, 11) is 1.61. The number of carbonyl (C=O) groups excluding carboxylic acids is 1. The minimum Gasteiger partial charge on any atom is -0.497 e. The summed E-state index contributed by atoms with van der Waals surface area (Å²) in [6, 6.07) is 14.6. The number of urea groups is 1. The van der Waals surface area contributed by atoms with Crippen LogP contribution in [0.5, 0.6) is 11.5 Å². The van der Waals surface area contributed by atoms with E-state index < -0.39 is 5.97 Å². The normalized spacial score (nSPS) is 16.1. The molecule has 0 bridgehead atoms. The Labute approximate surface area is 170 Å². The summed E-state index contributed by atoms with van der Waals surface area (Å²) in [6.07, 6.45) is 1.59. The fourth-order valence-electron chi connectivity index (χ4n) is 3.41. The van der Waals surface area contributed by atoms with Gasteiger partial charge in [-0.2, -0.15) is 0 Å². The van der Waals surface area contributed by atoms with Gasteiger partial charge in [0.1, 0.15) is 18.1 Å². The maximum atomic E-state index is 12.5. The molecule has 1 heterocycles. The number of amides is 2. The first kappa shape index (κ1) is 20.5. The van der Waals surface area contributed by atoms with E-state index >= 15 is 0 Å². The average Bonchev–Trinajstić information content (AvgIpc) is 2.72. The first-order valence-corrected chi connectivity index (χ1v) is 9.66. The first-order valence-electron chi connectivity index (χ1n) is 9.66. The first-order chi connectivity index (χ1) is 14.0. The number of rotatable bonds is 8. The predicted molar refractivity (Wildman–Crippen MR) is 108 cm³/mol. The average molecular weight is 398 g/mol. The third kappa shape index (κ3) is 6.14. The quantitative estimate of drug-likeness (QED) is 0.635. The van der Waals surface area contributed by atoms with Crippen LogP contribution < -0.4 is 20.1 Å². The number of carbonyl (C=O) groups is 2. The molecule has 0 aromatic heterocycles. The van der Waals surface area contributed by atoms with E-state index in [-0.39, 0.29) is 24.5 Å². The maximum absolute atomic E-state index is 12.5. The highest BCUT2D eigenvalue weighted by Crippen LogP contribution is 2.29. The number of hydrogen-bond donors (Lipinski definition) is 3. The zero-order chi connectivity index (χ0) is 20.6. The van der Waals surface area contributed by atoms with Crippen LogP contribution in [0.4, 0.5) is 4.79 Å². The molecular formula is C22H26N2O5. The summed E-state index contributed by atoms with van der Waals surface area (Å²) in [6.45, 7) is 0.367. The standard InChI is InChI=1S/C22H26N2O5/c1-28-19-9-7-16-12-18(14-29-20(16)13-19)24-22(27)23-17(8-10-21(25)26)11-15-5-3-2-4-6-15/h2-7,9,13,17-18H,8,10-12,14H2,1H3,(H,25,26)(H2,23,24,27). The van der Waals surface area contributed by atoms with E-state index in [0.717, 1.165) is 22.6 Å². The summed E-state index contributed by atoms with van der Waals surface area (Å²) < 4.78 is 11.0. The molecule has 3 N–H and O–H groups in total. The minimum atomic E-state index is -0.877. The Bertz CT molecular complexity index is 840. The highest BCUT2D eigenvalue weighted by Gasteiger charge is 2.23. The number of methoxy groups -OCH3 is 1. The highest BCUT2D eigenvalue weighted by atomic mass is 16.5. The fraction of sp³-hybridized carbons (Fsp3) is 0.364. The van der Waals surface area contributed by atoms with Crippen molar-refractivity contribution >= 4 is 12.0 Å². The molecule has 3 rings (SSSR count). The molecule has 1 aliphatic rings. The summed E-state index contributed by atoms with van der Waals surface area (Å²) in [5, 5.41) is 14.9. The monoisotopic (exact) mass is 398 g/mol. The second-order valence-electron chi connectivity index (χ2n) is 7.12. The van der Waals surface area contributed by atoms with Gasteiger partial charge in [0.05, 0.1) is 13.2 Å². The zero-order valence-electron chi connectivity index (χ0n) is 16.4. The van der Waals surface area contributed by atoms with Crippen LogP contribution in [0, 0.1) is 0 Å². The van der Waals surface area contributed by atoms with Gasteiger partial charge in [0.25, 0.3) is 0 Å². The van der Waals surface area contributed by atoms with Gasteiger partial charge < -0.3 is 25.2 Å². The lowest BCUT2D eigenvalue weighted by Gasteiger charge is -2.27. The number of hydrogen-bond acceptors (Lipinski definition) is 4. The van der Waals surface area contributed by atoms with Crippen LogP contribution in [0.3, 0.4) is 0 Å². The number of carboxylic acid groups (broad SMARTS) is 1. The van der Waals surface area contributed by atoms with Gasteiger partial charge in [0, 0.05) is 18.5 Å². The van der Waals surface area contributed by atoms with Gasteiger partial charge in [-0.15, -0.1) is 0 Å². The van der Waals surface area contributed by atoms with Gasteiger partial charge in [-0.05, 0) is 36.5 Å². The summed E-state index contributed by atoms with van der Waals surface area (Å²) in [5.74, 6) is 0.624. The predicted octanol–water partition coefficient (Wildman–Crippen LogP) is 2.77. The van der Waals surface area contributed by atoms with Crippen molar-refractivity contribution in [2.45, 2.75) is 37.8 Å². The van der Waals surface area contributed by atoms with Gasteiger partial charge in [-0.1, -0.05) is 36.4 Å². The van der Waals surface area contributed by atoms with Gasteiger partial charge in [-0.25, -0.2) is 4.79 Å². The molecule has 0 spiro atoms. The Kier molecular flexibility index (Phi) is 6.94. The largest absolute Gasteiger partial charge is 0.497 e. The van der Waals surface area contributed by atoms with Gasteiger partial charge in [-0.3, -0.25) is 4.79 Å². The lowest BCUT2D eigenvalue weighted by atomic mass is 10.0. The topological polar surface area (TPSA) is 96.9 Å². The third-order valence-corrected chi connectivity index (χ3v) is 4.88. The minimum absolute atomic E-state index is 0.000468. The zero-order valence-corrected chi connectivity index (χ0v) is 16.4. The highest BCUT2D eigenvalue weighted by molar-refractivity contribution is 5.75. The fourth-order valence-corrected chi connectivity index (χ4v) is 3.41.